The summed E-state index contributed by atoms with van der Waals surface area (Å²) in [6, 6.07) is 7.18. The molecule has 0 aromatic heterocycles. The van der Waals surface area contributed by atoms with Crippen LogP contribution in [0.2, 0.25) is 0 Å². The predicted octanol–water partition coefficient (Wildman–Crippen LogP) is 1.42. The molecule has 18 heavy (non-hydrogen) atoms. The summed E-state index contributed by atoms with van der Waals surface area (Å²) in [4.78, 5) is 0.337. The molecule has 1 aromatic carbocycles. The quantitative estimate of drug-likeness (QED) is 0.868. The van der Waals surface area contributed by atoms with Crippen molar-refractivity contribution in [2.45, 2.75) is 37.1 Å². The first kappa shape index (κ1) is 13.5. The highest BCUT2D eigenvalue weighted by Gasteiger charge is 2.18. The van der Waals surface area contributed by atoms with Gasteiger partial charge >= 0.3 is 0 Å². The Bertz CT molecular complexity index is 476. The molecule has 1 heterocycles. The van der Waals surface area contributed by atoms with Crippen LogP contribution in [-0.4, -0.2) is 27.5 Å². The van der Waals surface area contributed by atoms with Crippen molar-refractivity contribution in [3.05, 3.63) is 29.8 Å². The molecule has 1 aliphatic heterocycles. The first-order valence-electron chi connectivity index (χ1n) is 6.38. The van der Waals surface area contributed by atoms with Crippen LogP contribution in [0.15, 0.2) is 29.2 Å². The van der Waals surface area contributed by atoms with Crippen molar-refractivity contribution >= 4 is 10.0 Å². The molecule has 0 saturated carbocycles. The van der Waals surface area contributed by atoms with Gasteiger partial charge in [-0.05, 0) is 38.4 Å². The SMILES string of the molecule is Cc1ccc(S(=O)(=O)NCC2CCCCN2)cc1. The fraction of sp³-hybridized carbons (Fsp3) is 0.538. The van der Waals surface area contributed by atoms with Crippen molar-refractivity contribution in [3.8, 4) is 0 Å². The third-order valence-corrected chi connectivity index (χ3v) is 4.70. The Hall–Kier alpha value is -0.910. The van der Waals surface area contributed by atoms with E-state index < -0.39 is 10.0 Å². The van der Waals surface area contributed by atoms with E-state index in [-0.39, 0.29) is 6.04 Å². The molecule has 1 aromatic rings. The topological polar surface area (TPSA) is 58.2 Å². The summed E-state index contributed by atoms with van der Waals surface area (Å²) in [5, 5.41) is 3.33. The molecule has 1 saturated heterocycles. The van der Waals surface area contributed by atoms with Crippen LogP contribution in [0.4, 0.5) is 0 Å². The van der Waals surface area contributed by atoms with Crippen LogP contribution in [0.25, 0.3) is 0 Å². The molecule has 0 amide bonds. The maximum absolute atomic E-state index is 12.0. The summed E-state index contributed by atoms with van der Waals surface area (Å²) >= 11 is 0. The second-order valence-electron chi connectivity index (χ2n) is 4.81. The molecule has 2 N–H and O–H groups in total. The summed E-state index contributed by atoms with van der Waals surface area (Å²) in [5.74, 6) is 0. The second kappa shape index (κ2) is 5.82. The van der Waals surface area contributed by atoms with Crippen LogP contribution in [-0.2, 0) is 10.0 Å². The summed E-state index contributed by atoms with van der Waals surface area (Å²) in [6.07, 6.45) is 3.39. The van der Waals surface area contributed by atoms with Crippen molar-refractivity contribution in [1.29, 1.82) is 0 Å². The Morgan fingerprint density at radius 3 is 2.61 bits per heavy atom. The van der Waals surface area contributed by atoms with Gasteiger partial charge in [0.15, 0.2) is 0 Å². The lowest BCUT2D eigenvalue weighted by molar-refractivity contribution is 0.398. The Morgan fingerprint density at radius 2 is 2.00 bits per heavy atom. The molecular formula is C13H20N2O2S. The fourth-order valence-corrected chi connectivity index (χ4v) is 3.19. The minimum atomic E-state index is -3.37. The van der Waals surface area contributed by atoms with Crippen molar-refractivity contribution in [3.63, 3.8) is 0 Å². The number of aryl methyl sites for hydroxylation is 1. The van der Waals surface area contributed by atoms with Crippen molar-refractivity contribution in [2.75, 3.05) is 13.1 Å². The van der Waals surface area contributed by atoms with Gasteiger partial charge in [0, 0.05) is 12.6 Å². The lowest BCUT2D eigenvalue weighted by Gasteiger charge is -2.23. The summed E-state index contributed by atoms with van der Waals surface area (Å²) in [7, 11) is -3.37. The monoisotopic (exact) mass is 268 g/mol. The number of rotatable bonds is 4. The van der Waals surface area contributed by atoms with Crippen LogP contribution in [0.5, 0.6) is 0 Å². The van der Waals surface area contributed by atoms with E-state index in [0.29, 0.717) is 11.4 Å². The van der Waals surface area contributed by atoms with Crippen molar-refractivity contribution in [2.24, 2.45) is 0 Å². The highest BCUT2D eigenvalue weighted by Crippen LogP contribution is 2.11. The zero-order chi connectivity index (χ0) is 13.0. The molecule has 1 fully saturated rings. The summed E-state index contributed by atoms with van der Waals surface area (Å²) < 4.78 is 26.8. The number of hydrogen-bond donors (Lipinski definition) is 2. The molecule has 100 valence electrons. The Kier molecular flexibility index (Phi) is 4.37. The van der Waals surface area contributed by atoms with Gasteiger partial charge in [0.1, 0.15) is 0 Å². The molecule has 2 rings (SSSR count). The van der Waals surface area contributed by atoms with Crippen molar-refractivity contribution in [1.82, 2.24) is 10.0 Å². The van der Waals surface area contributed by atoms with Gasteiger partial charge in [-0.25, -0.2) is 13.1 Å². The van der Waals surface area contributed by atoms with E-state index in [1.807, 2.05) is 19.1 Å². The van der Waals surface area contributed by atoms with Gasteiger partial charge in [-0.1, -0.05) is 24.1 Å². The third-order valence-electron chi connectivity index (χ3n) is 3.26. The van der Waals surface area contributed by atoms with Crippen LogP contribution in [0, 0.1) is 6.92 Å². The molecule has 5 heteroatoms. The fourth-order valence-electron chi connectivity index (χ4n) is 2.11. The molecule has 0 radical (unpaired) electrons. The maximum Gasteiger partial charge on any atom is 0.240 e. The van der Waals surface area contributed by atoms with Crippen LogP contribution >= 0.6 is 0 Å². The molecule has 1 aliphatic rings. The predicted molar refractivity (Wildman–Crippen MR) is 72.0 cm³/mol. The molecule has 0 spiro atoms. The minimum Gasteiger partial charge on any atom is -0.313 e. The lowest BCUT2D eigenvalue weighted by Crippen LogP contribution is -2.43. The second-order valence-corrected chi connectivity index (χ2v) is 6.58. The highest BCUT2D eigenvalue weighted by atomic mass is 32.2. The van der Waals surface area contributed by atoms with E-state index >= 15 is 0 Å². The number of hydrogen-bond acceptors (Lipinski definition) is 3. The standard InChI is InChI=1S/C13H20N2O2S/c1-11-5-7-13(8-6-11)18(16,17)15-10-12-4-2-3-9-14-12/h5-8,12,14-15H,2-4,9-10H2,1H3. The number of nitrogens with one attached hydrogen (secondary N) is 2. The zero-order valence-electron chi connectivity index (χ0n) is 10.6. The molecule has 1 atom stereocenters. The molecular weight excluding hydrogens is 248 g/mol. The van der Waals surface area contributed by atoms with Gasteiger partial charge in [0.2, 0.25) is 10.0 Å². The van der Waals surface area contributed by atoms with Gasteiger partial charge in [-0.15, -0.1) is 0 Å². The Balaban J connectivity index is 1.96. The van der Waals surface area contributed by atoms with Gasteiger partial charge in [0.25, 0.3) is 0 Å². The average molecular weight is 268 g/mol. The smallest absolute Gasteiger partial charge is 0.240 e. The van der Waals surface area contributed by atoms with Gasteiger partial charge in [-0.3, -0.25) is 0 Å². The number of benzene rings is 1. The lowest BCUT2D eigenvalue weighted by atomic mass is 10.1. The minimum absolute atomic E-state index is 0.263. The van der Waals surface area contributed by atoms with Crippen molar-refractivity contribution < 1.29 is 8.42 Å². The van der Waals surface area contributed by atoms with Gasteiger partial charge in [-0.2, -0.15) is 0 Å². The van der Waals surface area contributed by atoms with Crippen LogP contribution in [0.3, 0.4) is 0 Å². The molecule has 1 unspecified atom stereocenters. The van der Waals surface area contributed by atoms with Crippen LogP contribution < -0.4 is 10.0 Å². The van der Waals surface area contributed by atoms with E-state index in [1.165, 1.54) is 12.8 Å². The summed E-state index contributed by atoms with van der Waals surface area (Å²) in [6.45, 7) is 3.39. The molecule has 4 nitrogen and oxygen atoms in total. The van der Waals surface area contributed by atoms with E-state index in [9.17, 15) is 8.42 Å². The van der Waals surface area contributed by atoms with E-state index in [0.717, 1.165) is 18.5 Å². The first-order valence-corrected chi connectivity index (χ1v) is 7.86. The van der Waals surface area contributed by atoms with E-state index in [4.69, 9.17) is 0 Å². The highest BCUT2D eigenvalue weighted by molar-refractivity contribution is 7.89. The molecule has 0 aliphatic carbocycles. The number of sulfonamides is 1. The third kappa shape index (κ3) is 3.54. The first-order chi connectivity index (χ1) is 8.58. The molecule has 0 bridgehead atoms. The largest absolute Gasteiger partial charge is 0.313 e. The number of piperidine rings is 1. The van der Waals surface area contributed by atoms with Gasteiger partial charge in [0.05, 0.1) is 4.90 Å². The summed E-state index contributed by atoms with van der Waals surface area (Å²) in [5.41, 5.74) is 1.06. The van der Waals surface area contributed by atoms with Crippen LogP contribution in [0.1, 0.15) is 24.8 Å². The normalized spacial score (nSPS) is 20.8. The zero-order valence-corrected chi connectivity index (χ0v) is 11.5. The maximum atomic E-state index is 12.0. The van der Waals surface area contributed by atoms with E-state index in [2.05, 4.69) is 10.0 Å². The van der Waals surface area contributed by atoms with E-state index in [1.54, 1.807) is 12.1 Å². The van der Waals surface area contributed by atoms with Gasteiger partial charge < -0.3 is 5.32 Å². The Labute approximate surface area is 109 Å². The average Bonchev–Trinajstić information content (AvgIpc) is 2.38. The Morgan fingerprint density at radius 1 is 1.28 bits per heavy atom.